The van der Waals surface area contributed by atoms with Gasteiger partial charge in [0.15, 0.2) is 11.5 Å². The van der Waals surface area contributed by atoms with Crippen LogP contribution in [0.3, 0.4) is 0 Å². The van der Waals surface area contributed by atoms with E-state index in [1.54, 1.807) is 12.1 Å². The lowest BCUT2D eigenvalue weighted by atomic mass is 10.2. The number of nitrogens with zero attached hydrogens (tertiary/aromatic N) is 1. The highest BCUT2D eigenvalue weighted by molar-refractivity contribution is 7.86. The van der Waals surface area contributed by atoms with Crippen LogP contribution in [0, 0.1) is 18.3 Å². The summed E-state index contributed by atoms with van der Waals surface area (Å²) in [6, 6.07) is 11.4. The minimum absolute atomic E-state index is 0.0292. The Morgan fingerprint density at radius 2 is 1.81 bits per heavy atom. The maximum atomic E-state index is 12.1. The Hall–Kier alpha value is -2.76. The number of benzene rings is 2. The molecule has 7 nitrogen and oxygen atoms in total. The summed E-state index contributed by atoms with van der Waals surface area (Å²) in [7, 11) is -2.33. The van der Waals surface area contributed by atoms with Gasteiger partial charge in [-0.25, -0.2) is 0 Å². The van der Waals surface area contributed by atoms with Crippen LogP contribution >= 0.6 is 0 Å². The van der Waals surface area contributed by atoms with Gasteiger partial charge in [0, 0.05) is 18.6 Å². The van der Waals surface area contributed by atoms with E-state index in [2.05, 4.69) is 0 Å². The predicted octanol–water partition coefficient (Wildman–Crippen LogP) is 2.63. The van der Waals surface area contributed by atoms with E-state index in [4.69, 9.17) is 24.7 Å². The lowest BCUT2D eigenvalue weighted by molar-refractivity contribution is 0.243. The first-order valence-electron chi connectivity index (χ1n) is 7.84. The molecule has 0 bridgehead atoms. The minimum atomic E-state index is -3.79. The van der Waals surface area contributed by atoms with Crippen LogP contribution in [0.1, 0.15) is 17.5 Å². The predicted molar refractivity (Wildman–Crippen MR) is 96.6 cm³/mol. The number of nitrogen functional groups attached to an aromatic ring is 1. The highest BCUT2D eigenvalue weighted by Crippen LogP contribution is 2.31. The Labute approximate surface area is 153 Å². The summed E-state index contributed by atoms with van der Waals surface area (Å²) >= 11 is 0. The van der Waals surface area contributed by atoms with E-state index in [1.807, 2.05) is 13.0 Å². The zero-order valence-corrected chi connectivity index (χ0v) is 15.4. The molecule has 138 valence electrons. The van der Waals surface area contributed by atoms with Crippen molar-refractivity contribution in [2.24, 2.45) is 0 Å². The van der Waals surface area contributed by atoms with Crippen LogP contribution in [0.5, 0.6) is 11.5 Å². The van der Waals surface area contributed by atoms with Crippen molar-refractivity contribution in [2.45, 2.75) is 18.2 Å². The molecule has 0 aliphatic carbocycles. The standard InChI is InChI=1S/C18H20N2O5S/c1-13-4-6-15(7-5-13)26(21,22)25-9-3-8-24-18-10-14(12-19)16(20)11-17(18)23-2/h4-7,10-11H,3,8-9,20H2,1-2H3. The SMILES string of the molecule is COc1cc(N)c(C#N)cc1OCCCOS(=O)(=O)c1ccc(C)cc1. The number of rotatable bonds is 8. The molecule has 26 heavy (non-hydrogen) atoms. The van der Waals surface area contributed by atoms with Crippen molar-refractivity contribution in [3.63, 3.8) is 0 Å². The number of ether oxygens (including phenoxy) is 2. The van der Waals surface area contributed by atoms with Gasteiger partial charge in [0.2, 0.25) is 0 Å². The Morgan fingerprint density at radius 3 is 2.42 bits per heavy atom. The Bertz CT molecular complexity index is 902. The zero-order valence-electron chi connectivity index (χ0n) is 14.6. The third-order valence-corrected chi connectivity index (χ3v) is 4.88. The van der Waals surface area contributed by atoms with Gasteiger partial charge in [-0.1, -0.05) is 17.7 Å². The molecule has 0 atom stereocenters. The van der Waals surface area contributed by atoms with Gasteiger partial charge in [-0.05, 0) is 19.1 Å². The van der Waals surface area contributed by atoms with Gasteiger partial charge in [0.25, 0.3) is 10.1 Å². The summed E-state index contributed by atoms with van der Waals surface area (Å²) in [6.45, 7) is 2.03. The van der Waals surface area contributed by atoms with Gasteiger partial charge in [0.1, 0.15) is 6.07 Å². The molecule has 0 fully saturated rings. The van der Waals surface area contributed by atoms with E-state index in [9.17, 15) is 8.42 Å². The molecule has 2 rings (SSSR count). The molecular weight excluding hydrogens is 356 g/mol. The van der Waals surface area contributed by atoms with Crippen LogP contribution in [0.4, 0.5) is 5.69 Å². The van der Waals surface area contributed by atoms with E-state index in [1.165, 1.54) is 31.4 Å². The first kappa shape index (κ1) is 19.6. The van der Waals surface area contributed by atoms with Crippen LogP contribution in [0.2, 0.25) is 0 Å². The van der Waals surface area contributed by atoms with E-state index in [0.717, 1.165) is 5.56 Å². The molecule has 2 aromatic rings. The van der Waals surface area contributed by atoms with Crippen LogP contribution in [-0.2, 0) is 14.3 Å². The smallest absolute Gasteiger partial charge is 0.296 e. The van der Waals surface area contributed by atoms with Crippen molar-refractivity contribution in [3.8, 4) is 17.6 Å². The number of nitrogens with two attached hydrogens (primary N) is 1. The Morgan fingerprint density at radius 1 is 1.12 bits per heavy atom. The average Bonchev–Trinajstić information content (AvgIpc) is 2.62. The van der Waals surface area contributed by atoms with E-state index in [0.29, 0.717) is 23.6 Å². The van der Waals surface area contributed by atoms with Gasteiger partial charge < -0.3 is 15.2 Å². The highest BCUT2D eigenvalue weighted by atomic mass is 32.2. The van der Waals surface area contributed by atoms with Crippen LogP contribution in [0.15, 0.2) is 41.3 Å². The Balaban J connectivity index is 1.89. The molecule has 8 heteroatoms. The summed E-state index contributed by atoms with van der Waals surface area (Å²) in [6.07, 6.45) is 0.334. The summed E-state index contributed by atoms with van der Waals surface area (Å²) in [5, 5.41) is 9.02. The molecule has 0 radical (unpaired) electrons. The number of aryl methyl sites for hydroxylation is 1. The Kier molecular flexibility index (Phi) is 6.44. The molecule has 0 amide bonds. The lowest BCUT2D eigenvalue weighted by Crippen LogP contribution is -2.10. The fraction of sp³-hybridized carbons (Fsp3) is 0.278. The summed E-state index contributed by atoms with van der Waals surface area (Å²) in [4.78, 5) is 0.114. The maximum absolute atomic E-state index is 12.1. The molecule has 0 saturated heterocycles. The second-order valence-electron chi connectivity index (χ2n) is 5.49. The fourth-order valence-corrected chi connectivity index (χ4v) is 3.07. The maximum Gasteiger partial charge on any atom is 0.296 e. The lowest BCUT2D eigenvalue weighted by Gasteiger charge is -2.12. The first-order valence-corrected chi connectivity index (χ1v) is 9.24. The van der Waals surface area contributed by atoms with Crippen LogP contribution < -0.4 is 15.2 Å². The number of nitriles is 1. The number of hydrogen-bond acceptors (Lipinski definition) is 7. The number of methoxy groups -OCH3 is 1. The van der Waals surface area contributed by atoms with Gasteiger partial charge in [-0.3, -0.25) is 4.18 Å². The van der Waals surface area contributed by atoms with Crippen LogP contribution in [0.25, 0.3) is 0 Å². The normalized spacial score (nSPS) is 11.0. The van der Waals surface area contributed by atoms with Crippen molar-refractivity contribution >= 4 is 15.8 Å². The fourth-order valence-electron chi connectivity index (χ4n) is 2.13. The van der Waals surface area contributed by atoms with Gasteiger partial charge in [-0.15, -0.1) is 0 Å². The molecule has 0 saturated carbocycles. The third-order valence-electron chi connectivity index (χ3n) is 3.55. The molecule has 0 aliphatic rings. The molecule has 0 aromatic heterocycles. The zero-order chi connectivity index (χ0) is 19.2. The molecule has 0 spiro atoms. The number of hydrogen-bond donors (Lipinski definition) is 1. The van der Waals surface area contributed by atoms with E-state index in [-0.39, 0.29) is 23.7 Å². The molecule has 0 unspecified atom stereocenters. The van der Waals surface area contributed by atoms with Gasteiger partial charge in [-0.2, -0.15) is 13.7 Å². The summed E-state index contributed by atoms with van der Waals surface area (Å²) < 4.78 is 39.9. The second kappa shape index (κ2) is 8.56. The largest absolute Gasteiger partial charge is 0.493 e. The second-order valence-corrected chi connectivity index (χ2v) is 7.11. The molecule has 2 aromatic carbocycles. The highest BCUT2D eigenvalue weighted by Gasteiger charge is 2.15. The van der Waals surface area contributed by atoms with Crippen LogP contribution in [-0.4, -0.2) is 28.7 Å². The quantitative estimate of drug-likeness (QED) is 0.428. The van der Waals surface area contributed by atoms with Crippen molar-refractivity contribution in [2.75, 3.05) is 26.1 Å². The van der Waals surface area contributed by atoms with Crippen molar-refractivity contribution < 1.29 is 22.1 Å². The van der Waals surface area contributed by atoms with Crippen molar-refractivity contribution in [1.29, 1.82) is 5.26 Å². The van der Waals surface area contributed by atoms with Crippen molar-refractivity contribution in [3.05, 3.63) is 47.5 Å². The molecule has 0 heterocycles. The van der Waals surface area contributed by atoms with Crippen molar-refractivity contribution in [1.82, 2.24) is 0 Å². The molecular formula is C18H20N2O5S. The van der Waals surface area contributed by atoms with E-state index < -0.39 is 10.1 Å². The van der Waals surface area contributed by atoms with E-state index >= 15 is 0 Å². The first-order chi connectivity index (χ1) is 12.4. The average molecular weight is 376 g/mol. The van der Waals surface area contributed by atoms with Gasteiger partial charge in [0.05, 0.1) is 36.5 Å². The third kappa shape index (κ3) is 4.88. The summed E-state index contributed by atoms with van der Waals surface area (Å²) in [5.41, 5.74) is 7.26. The molecule has 0 aliphatic heterocycles. The monoisotopic (exact) mass is 376 g/mol. The molecule has 2 N–H and O–H groups in total. The minimum Gasteiger partial charge on any atom is -0.493 e. The van der Waals surface area contributed by atoms with Gasteiger partial charge >= 0.3 is 0 Å². The topological polar surface area (TPSA) is 112 Å². The number of anilines is 1. The summed E-state index contributed by atoms with van der Waals surface area (Å²) in [5.74, 6) is 0.759.